The van der Waals surface area contributed by atoms with E-state index in [0.717, 1.165) is 16.8 Å². The quantitative estimate of drug-likeness (QED) is 0.377. The molecule has 0 fully saturated rings. The first-order valence-corrected chi connectivity index (χ1v) is 11.0. The molecule has 0 saturated carbocycles. The number of hydrogen-bond acceptors (Lipinski definition) is 6. The summed E-state index contributed by atoms with van der Waals surface area (Å²) in [6.07, 6.45) is 1.40. The summed E-state index contributed by atoms with van der Waals surface area (Å²) in [6.45, 7) is 6.30. The zero-order valence-electron chi connectivity index (χ0n) is 19.4. The van der Waals surface area contributed by atoms with Gasteiger partial charge in [0, 0.05) is 11.9 Å². The van der Waals surface area contributed by atoms with Crippen LogP contribution in [0.3, 0.4) is 0 Å². The van der Waals surface area contributed by atoms with E-state index in [0.29, 0.717) is 23.8 Å². The lowest BCUT2D eigenvalue weighted by Crippen LogP contribution is -2.28. The molecule has 1 heterocycles. The summed E-state index contributed by atoms with van der Waals surface area (Å²) in [5, 5.41) is 0. The van der Waals surface area contributed by atoms with Crippen molar-refractivity contribution >= 4 is 23.2 Å². The molecule has 0 radical (unpaired) electrons. The van der Waals surface area contributed by atoms with Gasteiger partial charge in [0.05, 0.1) is 12.3 Å². The maximum absolute atomic E-state index is 14.1. The third kappa shape index (κ3) is 4.68. The Morgan fingerprint density at radius 1 is 0.912 bits per heavy atom. The number of nitrogen functional groups attached to an aromatic ring is 1. The van der Waals surface area contributed by atoms with Gasteiger partial charge in [-0.15, -0.1) is 0 Å². The second-order valence-corrected chi connectivity index (χ2v) is 7.65. The Morgan fingerprint density at radius 2 is 1.56 bits per heavy atom. The molecule has 0 atom stereocenters. The van der Waals surface area contributed by atoms with Gasteiger partial charge in [0.1, 0.15) is 5.56 Å². The van der Waals surface area contributed by atoms with E-state index in [-0.39, 0.29) is 23.3 Å². The summed E-state index contributed by atoms with van der Waals surface area (Å²) < 4.78 is 11.7. The molecule has 34 heavy (non-hydrogen) atoms. The molecule has 2 N–H and O–H groups in total. The van der Waals surface area contributed by atoms with Crippen molar-refractivity contribution < 1.29 is 14.3 Å². The van der Waals surface area contributed by atoms with Gasteiger partial charge in [-0.2, -0.15) is 4.98 Å². The topological polar surface area (TPSA) is 90.6 Å². The molecule has 0 unspecified atom stereocenters. The van der Waals surface area contributed by atoms with Gasteiger partial charge in [0.2, 0.25) is 11.8 Å². The molecule has 7 nitrogen and oxygen atoms in total. The molecule has 4 aromatic rings. The van der Waals surface area contributed by atoms with Crippen LogP contribution in [0.5, 0.6) is 17.4 Å². The van der Waals surface area contributed by atoms with Gasteiger partial charge in [-0.3, -0.25) is 9.69 Å². The highest BCUT2D eigenvalue weighted by Crippen LogP contribution is 2.36. The molecule has 0 bridgehead atoms. The summed E-state index contributed by atoms with van der Waals surface area (Å²) >= 11 is 0. The summed E-state index contributed by atoms with van der Waals surface area (Å²) in [7, 11) is 0. The number of rotatable bonds is 7. The van der Waals surface area contributed by atoms with Crippen LogP contribution in [0, 0.1) is 13.8 Å². The number of carbonyl (C=O) groups excluding carboxylic acids is 1. The maximum atomic E-state index is 14.1. The minimum atomic E-state index is -0.340. The molecule has 0 spiro atoms. The molecular formula is C27H26N4O3. The van der Waals surface area contributed by atoms with Crippen molar-refractivity contribution in [2.24, 2.45) is 0 Å². The van der Waals surface area contributed by atoms with Crippen molar-refractivity contribution in [2.45, 2.75) is 20.8 Å². The SMILES string of the molecule is CCOc1ccccc1Oc1nc(N)ncc1C(=O)N(c1ccccc1)c1c(C)cccc1C. The summed E-state index contributed by atoms with van der Waals surface area (Å²) in [4.78, 5) is 24.1. The lowest BCUT2D eigenvalue weighted by atomic mass is 10.1. The molecule has 1 amide bonds. The number of carbonyl (C=O) groups is 1. The van der Waals surface area contributed by atoms with E-state index in [1.165, 1.54) is 6.20 Å². The Kier molecular flexibility index (Phi) is 6.73. The summed E-state index contributed by atoms with van der Waals surface area (Å²) in [5.41, 5.74) is 9.45. The fourth-order valence-corrected chi connectivity index (χ4v) is 3.72. The third-order valence-corrected chi connectivity index (χ3v) is 5.24. The zero-order valence-corrected chi connectivity index (χ0v) is 19.4. The Hall–Kier alpha value is -4.39. The molecule has 0 aliphatic carbocycles. The number of benzene rings is 3. The number of para-hydroxylation sites is 4. The number of aromatic nitrogens is 2. The first-order valence-electron chi connectivity index (χ1n) is 11.0. The highest BCUT2D eigenvalue weighted by molar-refractivity contribution is 6.12. The predicted octanol–water partition coefficient (Wildman–Crippen LogP) is 5.85. The highest BCUT2D eigenvalue weighted by atomic mass is 16.5. The van der Waals surface area contributed by atoms with E-state index in [9.17, 15) is 4.79 Å². The Morgan fingerprint density at radius 3 is 2.24 bits per heavy atom. The highest BCUT2D eigenvalue weighted by Gasteiger charge is 2.27. The average Bonchev–Trinajstić information content (AvgIpc) is 2.83. The van der Waals surface area contributed by atoms with Gasteiger partial charge in [-0.25, -0.2) is 4.98 Å². The van der Waals surface area contributed by atoms with Gasteiger partial charge < -0.3 is 15.2 Å². The van der Waals surface area contributed by atoms with E-state index in [2.05, 4.69) is 9.97 Å². The van der Waals surface area contributed by atoms with E-state index in [4.69, 9.17) is 15.2 Å². The lowest BCUT2D eigenvalue weighted by Gasteiger charge is -2.27. The minimum absolute atomic E-state index is 0.00113. The number of ether oxygens (including phenoxy) is 2. The van der Waals surface area contributed by atoms with Crippen LogP contribution < -0.4 is 20.1 Å². The van der Waals surface area contributed by atoms with Crippen LogP contribution in [0.4, 0.5) is 17.3 Å². The van der Waals surface area contributed by atoms with Gasteiger partial charge >= 0.3 is 0 Å². The van der Waals surface area contributed by atoms with Crippen molar-refractivity contribution in [3.63, 3.8) is 0 Å². The van der Waals surface area contributed by atoms with Crippen LogP contribution in [-0.4, -0.2) is 22.5 Å². The molecular weight excluding hydrogens is 428 g/mol. The van der Waals surface area contributed by atoms with Crippen molar-refractivity contribution in [1.82, 2.24) is 9.97 Å². The number of amides is 1. The van der Waals surface area contributed by atoms with Gasteiger partial charge in [-0.1, -0.05) is 48.5 Å². The molecule has 0 aliphatic rings. The molecule has 4 rings (SSSR count). The second-order valence-electron chi connectivity index (χ2n) is 7.65. The molecule has 172 valence electrons. The van der Waals surface area contributed by atoms with Crippen LogP contribution in [0.15, 0.2) is 79.0 Å². The van der Waals surface area contributed by atoms with Crippen molar-refractivity contribution in [3.8, 4) is 17.4 Å². The predicted molar refractivity (Wildman–Crippen MR) is 133 cm³/mol. The van der Waals surface area contributed by atoms with Gasteiger partial charge in [-0.05, 0) is 56.2 Å². The van der Waals surface area contributed by atoms with Crippen LogP contribution in [0.25, 0.3) is 0 Å². The lowest BCUT2D eigenvalue weighted by molar-refractivity contribution is 0.0995. The number of hydrogen-bond donors (Lipinski definition) is 1. The molecule has 1 aromatic heterocycles. The van der Waals surface area contributed by atoms with Crippen LogP contribution in [0.2, 0.25) is 0 Å². The van der Waals surface area contributed by atoms with E-state index in [1.54, 1.807) is 17.0 Å². The third-order valence-electron chi connectivity index (χ3n) is 5.24. The molecule has 0 saturated heterocycles. The second kappa shape index (κ2) is 10.0. The smallest absolute Gasteiger partial charge is 0.269 e. The van der Waals surface area contributed by atoms with Gasteiger partial charge in [0.25, 0.3) is 5.91 Å². The fourth-order valence-electron chi connectivity index (χ4n) is 3.72. The standard InChI is InChI=1S/C27H26N4O3/c1-4-33-22-15-8-9-16-23(22)34-25-21(17-29-27(28)30-25)26(32)31(20-13-6-5-7-14-20)24-18(2)11-10-12-19(24)3/h5-17H,4H2,1-3H3,(H2,28,29,30). The maximum Gasteiger partial charge on any atom is 0.269 e. The van der Waals surface area contributed by atoms with Crippen LogP contribution in [-0.2, 0) is 0 Å². The normalized spacial score (nSPS) is 10.6. The molecule has 0 aliphatic heterocycles. The number of anilines is 3. The van der Waals surface area contributed by atoms with E-state index >= 15 is 0 Å². The number of nitrogens with two attached hydrogens (primary N) is 1. The van der Waals surface area contributed by atoms with Crippen LogP contribution in [0.1, 0.15) is 28.4 Å². The first-order chi connectivity index (χ1) is 16.5. The van der Waals surface area contributed by atoms with Gasteiger partial charge in [0.15, 0.2) is 11.5 Å². The number of nitrogens with zero attached hydrogens (tertiary/aromatic N) is 3. The van der Waals surface area contributed by atoms with Crippen molar-refractivity contribution in [3.05, 3.63) is 95.7 Å². The van der Waals surface area contributed by atoms with E-state index < -0.39 is 0 Å². The largest absolute Gasteiger partial charge is 0.490 e. The molecule has 7 heteroatoms. The van der Waals surface area contributed by atoms with Crippen LogP contribution >= 0.6 is 0 Å². The first kappa shape index (κ1) is 22.8. The number of aryl methyl sites for hydroxylation is 2. The minimum Gasteiger partial charge on any atom is -0.490 e. The summed E-state index contributed by atoms with van der Waals surface area (Å²) in [5.74, 6) is 0.674. The molecule has 3 aromatic carbocycles. The summed E-state index contributed by atoms with van der Waals surface area (Å²) in [6, 6.07) is 22.6. The fraction of sp³-hybridized carbons (Fsp3) is 0.148. The van der Waals surface area contributed by atoms with E-state index in [1.807, 2.05) is 81.4 Å². The monoisotopic (exact) mass is 454 g/mol. The zero-order chi connectivity index (χ0) is 24.1. The van der Waals surface area contributed by atoms with Crippen molar-refractivity contribution in [2.75, 3.05) is 17.2 Å². The average molecular weight is 455 g/mol. The Balaban J connectivity index is 1.84. The Labute approximate surface area is 198 Å². The Bertz CT molecular complexity index is 1290. The van der Waals surface area contributed by atoms with Crippen molar-refractivity contribution in [1.29, 1.82) is 0 Å².